The van der Waals surface area contributed by atoms with Crippen molar-refractivity contribution < 1.29 is 8.42 Å². The third kappa shape index (κ3) is 2.17. The molecular weight excluding hydrogens is 376 g/mol. The lowest BCUT2D eigenvalue weighted by molar-refractivity contribution is 0.590. The number of benzene rings is 2. The molecule has 2 aromatic heterocycles. The van der Waals surface area contributed by atoms with Crippen LogP contribution in [0.3, 0.4) is 0 Å². The lowest BCUT2D eigenvalue weighted by Gasteiger charge is -2.09. The summed E-state index contributed by atoms with van der Waals surface area (Å²) >= 11 is 3.42. The van der Waals surface area contributed by atoms with Crippen molar-refractivity contribution in [3.63, 3.8) is 0 Å². The van der Waals surface area contributed by atoms with Crippen LogP contribution < -0.4 is 0 Å². The van der Waals surface area contributed by atoms with Gasteiger partial charge >= 0.3 is 0 Å². The molecule has 0 fully saturated rings. The SMILES string of the molecule is O=S(=O)(c1ccccc1)n1c2ccncc2c2ccc(Br)cc21. The van der Waals surface area contributed by atoms with Crippen LogP contribution in [0.25, 0.3) is 21.8 Å². The molecule has 2 aromatic carbocycles. The van der Waals surface area contributed by atoms with Gasteiger partial charge in [-0.1, -0.05) is 40.2 Å². The minimum Gasteiger partial charge on any atom is -0.264 e. The Hall–Kier alpha value is -2.18. The number of nitrogens with zero attached hydrogens (tertiary/aromatic N) is 2. The molecule has 23 heavy (non-hydrogen) atoms. The van der Waals surface area contributed by atoms with Crippen molar-refractivity contribution in [2.45, 2.75) is 4.90 Å². The van der Waals surface area contributed by atoms with Gasteiger partial charge in [-0.25, -0.2) is 12.4 Å². The maximum atomic E-state index is 13.2. The normalized spacial score (nSPS) is 12.0. The highest BCUT2D eigenvalue weighted by Gasteiger charge is 2.23. The van der Waals surface area contributed by atoms with Gasteiger partial charge in [0, 0.05) is 27.6 Å². The first kappa shape index (κ1) is 14.4. The second-order valence-corrected chi connectivity index (χ2v) is 7.84. The van der Waals surface area contributed by atoms with Gasteiger partial charge in [-0.3, -0.25) is 4.98 Å². The third-order valence-corrected chi connectivity index (χ3v) is 6.00. The monoisotopic (exact) mass is 386 g/mol. The number of pyridine rings is 1. The number of fused-ring (bicyclic) bond motifs is 3. The molecule has 0 N–H and O–H groups in total. The topological polar surface area (TPSA) is 52.0 Å². The number of hydrogen-bond acceptors (Lipinski definition) is 3. The van der Waals surface area contributed by atoms with Gasteiger partial charge in [0.2, 0.25) is 0 Å². The Morgan fingerprint density at radius 1 is 0.913 bits per heavy atom. The summed E-state index contributed by atoms with van der Waals surface area (Å²) in [5, 5.41) is 1.67. The van der Waals surface area contributed by atoms with E-state index in [1.165, 1.54) is 3.97 Å². The molecule has 0 saturated heterocycles. The average Bonchev–Trinajstić information content (AvgIpc) is 2.89. The number of rotatable bonds is 2. The largest absolute Gasteiger partial charge is 0.268 e. The van der Waals surface area contributed by atoms with E-state index >= 15 is 0 Å². The number of halogens is 1. The van der Waals surface area contributed by atoms with Gasteiger partial charge in [0.1, 0.15) is 0 Å². The predicted molar refractivity (Wildman–Crippen MR) is 94.0 cm³/mol. The van der Waals surface area contributed by atoms with Crippen LogP contribution in [-0.4, -0.2) is 17.4 Å². The van der Waals surface area contributed by atoms with Crippen LogP contribution in [0.1, 0.15) is 0 Å². The molecule has 6 heteroatoms. The van der Waals surface area contributed by atoms with Crippen LogP contribution in [-0.2, 0) is 10.0 Å². The molecule has 0 unspecified atom stereocenters. The standard InChI is InChI=1S/C17H11BrN2O2S/c18-12-6-7-14-15-11-19-9-8-16(15)20(17(14)10-12)23(21,22)13-4-2-1-3-5-13/h1-11H. The van der Waals surface area contributed by atoms with E-state index in [1.807, 2.05) is 18.2 Å². The van der Waals surface area contributed by atoms with Gasteiger partial charge in [-0.05, 0) is 30.3 Å². The third-order valence-electron chi connectivity index (χ3n) is 3.77. The summed E-state index contributed by atoms with van der Waals surface area (Å²) in [6.07, 6.45) is 3.30. The molecule has 0 amide bonds. The van der Waals surface area contributed by atoms with Crippen molar-refractivity contribution in [2.24, 2.45) is 0 Å². The van der Waals surface area contributed by atoms with Gasteiger partial charge in [0.15, 0.2) is 0 Å². The molecule has 0 atom stereocenters. The van der Waals surface area contributed by atoms with E-state index in [1.54, 1.807) is 48.8 Å². The zero-order chi connectivity index (χ0) is 16.0. The number of aromatic nitrogens is 2. The summed E-state index contributed by atoms with van der Waals surface area (Å²) in [6, 6.07) is 15.8. The molecule has 4 aromatic rings. The van der Waals surface area contributed by atoms with E-state index in [-0.39, 0.29) is 4.90 Å². The lowest BCUT2D eigenvalue weighted by Crippen LogP contribution is -2.12. The second kappa shape index (κ2) is 5.18. The van der Waals surface area contributed by atoms with E-state index in [4.69, 9.17) is 0 Å². The van der Waals surface area contributed by atoms with Crippen molar-refractivity contribution >= 4 is 47.8 Å². The Labute approximate surface area is 141 Å². The molecule has 0 aliphatic rings. The maximum absolute atomic E-state index is 13.2. The Morgan fingerprint density at radius 3 is 2.48 bits per heavy atom. The van der Waals surface area contributed by atoms with Gasteiger partial charge in [0.05, 0.1) is 15.9 Å². The molecule has 0 aliphatic carbocycles. The molecule has 0 bridgehead atoms. The summed E-state index contributed by atoms with van der Waals surface area (Å²) < 4.78 is 28.5. The molecule has 114 valence electrons. The fraction of sp³-hybridized carbons (Fsp3) is 0. The van der Waals surface area contributed by atoms with Crippen molar-refractivity contribution in [1.82, 2.24) is 8.96 Å². The van der Waals surface area contributed by atoms with Gasteiger partial charge in [-0.15, -0.1) is 0 Å². The van der Waals surface area contributed by atoms with E-state index in [0.717, 1.165) is 15.2 Å². The minimum absolute atomic E-state index is 0.260. The molecule has 0 spiro atoms. The quantitative estimate of drug-likeness (QED) is 0.518. The molecule has 2 heterocycles. The predicted octanol–water partition coefficient (Wildman–Crippen LogP) is 4.19. The molecule has 0 aliphatic heterocycles. The highest BCUT2D eigenvalue weighted by Crippen LogP contribution is 2.33. The summed E-state index contributed by atoms with van der Waals surface area (Å²) in [7, 11) is -3.70. The maximum Gasteiger partial charge on any atom is 0.268 e. The van der Waals surface area contributed by atoms with Crippen LogP contribution in [0.5, 0.6) is 0 Å². The fourth-order valence-corrected chi connectivity index (χ4v) is 4.65. The van der Waals surface area contributed by atoms with E-state index < -0.39 is 10.0 Å². The zero-order valence-corrected chi connectivity index (χ0v) is 14.3. The molecule has 0 saturated carbocycles. The second-order valence-electron chi connectivity index (χ2n) is 5.14. The summed E-state index contributed by atoms with van der Waals surface area (Å²) in [5.41, 5.74) is 1.25. The summed E-state index contributed by atoms with van der Waals surface area (Å²) in [4.78, 5) is 4.39. The summed E-state index contributed by atoms with van der Waals surface area (Å²) in [6.45, 7) is 0. The van der Waals surface area contributed by atoms with Crippen LogP contribution in [0.15, 0.2) is 76.4 Å². The average molecular weight is 387 g/mol. The van der Waals surface area contributed by atoms with Crippen LogP contribution in [0, 0.1) is 0 Å². The molecule has 4 nitrogen and oxygen atoms in total. The Balaban J connectivity index is 2.19. The van der Waals surface area contributed by atoms with E-state index in [2.05, 4.69) is 20.9 Å². The van der Waals surface area contributed by atoms with Crippen molar-refractivity contribution in [3.8, 4) is 0 Å². The lowest BCUT2D eigenvalue weighted by atomic mass is 10.2. The first-order valence-electron chi connectivity index (χ1n) is 6.93. The number of hydrogen-bond donors (Lipinski definition) is 0. The van der Waals surface area contributed by atoms with E-state index in [9.17, 15) is 8.42 Å². The van der Waals surface area contributed by atoms with Crippen LogP contribution in [0.2, 0.25) is 0 Å². The highest BCUT2D eigenvalue weighted by atomic mass is 79.9. The molecular formula is C17H11BrN2O2S. The van der Waals surface area contributed by atoms with Gasteiger partial charge in [-0.2, -0.15) is 0 Å². The highest BCUT2D eigenvalue weighted by molar-refractivity contribution is 9.10. The summed E-state index contributed by atoms with van der Waals surface area (Å²) in [5.74, 6) is 0. The minimum atomic E-state index is -3.70. The Morgan fingerprint density at radius 2 is 1.70 bits per heavy atom. The van der Waals surface area contributed by atoms with Gasteiger partial charge < -0.3 is 0 Å². The fourth-order valence-electron chi connectivity index (χ4n) is 2.76. The molecule has 4 rings (SSSR count). The van der Waals surface area contributed by atoms with Crippen molar-refractivity contribution in [2.75, 3.05) is 0 Å². The van der Waals surface area contributed by atoms with E-state index in [0.29, 0.717) is 11.0 Å². The van der Waals surface area contributed by atoms with Gasteiger partial charge in [0.25, 0.3) is 10.0 Å². The first-order valence-corrected chi connectivity index (χ1v) is 9.17. The zero-order valence-electron chi connectivity index (χ0n) is 11.8. The van der Waals surface area contributed by atoms with Crippen LogP contribution >= 0.6 is 15.9 Å². The molecule has 0 radical (unpaired) electrons. The Bertz CT molecular complexity index is 1140. The Kier molecular flexibility index (Phi) is 3.25. The van der Waals surface area contributed by atoms with Crippen molar-refractivity contribution in [3.05, 3.63) is 71.5 Å². The van der Waals surface area contributed by atoms with Crippen LogP contribution in [0.4, 0.5) is 0 Å². The van der Waals surface area contributed by atoms with Crippen molar-refractivity contribution in [1.29, 1.82) is 0 Å². The first-order chi connectivity index (χ1) is 11.1. The smallest absolute Gasteiger partial charge is 0.264 e.